The maximum atomic E-state index is 14.6. The number of guanidine groups is 1. The number of carbonyl (C=O) groups is 8. The van der Waals surface area contributed by atoms with E-state index in [0.717, 1.165) is 5.56 Å². The third kappa shape index (κ3) is 14.3. The Balaban J connectivity index is 1.38. The molecular formula is C50H66N12O8. The van der Waals surface area contributed by atoms with Crippen LogP contribution in [0, 0.1) is 0 Å². The van der Waals surface area contributed by atoms with Crippen LogP contribution in [0.5, 0.6) is 0 Å². The van der Waals surface area contributed by atoms with E-state index in [1.807, 2.05) is 18.2 Å². The van der Waals surface area contributed by atoms with Gasteiger partial charge in [0.1, 0.15) is 48.3 Å². The molecule has 3 aromatic carbocycles. The Kier molecular flexibility index (Phi) is 18.8. The summed E-state index contributed by atoms with van der Waals surface area (Å²) in [6.45, 7) is 1.97. The molecular weight excluding hydrogens is 897 g/mol. The molecule has 6 rings (SSSR count). The smallest absolute Gasteiger partial charge is 0.246 e. The summed E-state index contributed by atoms with van der Waals surface area (Å²) < 4.78 is 0. The lowest BCUT2D eigenvalue weighted by molar-refractivity contribution is -0.148. The highest BCUT2D eigenvalue weighted by atomic mass is 16.2. The normalized spacial score (nSPS) is 25.5. The first kappa shape index (κ1) is 52.0. The largest absolute Gasteiger partial charge is 0.370 e. The van der Waals surface area contributed by atoms with Gasteiger partial charge in [-0.3, -0.25) is 43.3 Å². The van der Waals surface area contributed by atoms with E-state index >= 15 is 0 Å². The van der Waals surface area contributed by atoms with E-state index in [9.17, 15) is 38.4 Å². The molecule has 0 radical (unpaired) electrons. The number of amides is 8. The van der Waals surface area contributed by atoms with E-state index in [1.165, 1.54) is 16.7 Å². The van der Waals surface area contributed by atoms with E-state index in [2.05, 4.69) is 36.9 Å². The minimum atomic E-state index is -1.29. The van der Waals surface area contributed by atoms with Crippen LogP contribution in [0.2, 0.25) is 0 Å². The number of nitrogens with two attached hydrogens (primary N) is 3. The molecule has 0 aliphatic carbocycles. The molecule has 0 bridgehead atoms. The second-order valence-electron chi connectivity index (χ2n) is 18.0. The fraction of sp³-hybridized carbons (Fsp3) is 0.460. The Labute approximate surface area is 407 Å². The van der Waals surface area contributed by atoms with Crippen molar-refractivity contribution in [3.63, 3.8) is 0 Å². The SMILES string of the molecule is C[C@@H]1NC(=O)C(CCN)NC(=O)[C@H](Cc2ccccc2)NC(=O)[C@H](Cc2ccccc2)NC(=O)[C@H](CCCN=C(N)N)NC(=O)[C@@H]2CCCN2C(=O)[C@H]2CCCN2C(=O)[C@H](Cc2ccccc2)NC1=O. The summed E-state index contributed by atoms with van der Waals surface area (Å²) >= 11 is 0. The predicted octanol–water partition coefficient (Wildman–Crippen LogP) is -0.959. The van der Waals surface area contributed by atoms with Crippen molar-refractivity contribution in [1.82, 2.24) is 41.7 Å². The number of rotatable bonds is 12. The van der Waals surface area contributed by atoms with Gasteiger partial charge in [-0.2, -0.15) is 0 Å². The molecule has 8 amide bonds. The van der Waals surface area contributed by atoms with Crippen LogP contribution in [-0.2, 0) is 57.6 Å². The lowest BCUT2D eigenvalue weighted by atomic mass is 10.0. The maximum absolute atomic E-state index is 14.6. The standard InChI is InChI=1S/C50H66N12O8/c1-31-42(63)60-39(30-34-18-9-4-10-19-34)48(69)62-27-13-22-41(62)49(70)61-26-12-21-40(61)47(68)57-35(20-11-25-54-50(52)53)44(65)58-38(29-33-16-7-3-8-17-33)46(67)59-37(28-32-14-5-2-6-15-32)45(66)56-36(23-24-51)43(64)55-31/h2-10,14-19,31,35-41H,11-13,20-30,51H2,1H3,(H,55,64)(H,56,66)(H,57,68)(H,58,65)(H,59,67)(H,60,63)(H4,52,53,54)/t31-,35-,36?,37-,38-,39-,40-,41+/m0/s1. The third-order valence-corrected chi connectivity index (χ3v) is 12.8. The summed E-state index contributed by atoms with van der Waals surface area (Å²) in [5.41, 5.74) is 19.2. The summed E-state index contributed by atoms with van der Waals surface area (Å²) in [7, 11) is 0. The van der Waals surface area contributed by atoms with Gasteiger partial charge in [-0.1, -0.05) is 91.0 Å². The van der Waals surface area contributed by atoms with Crippen molar-refractivity contribution < 1.29 is 38.4 Å². The molecule has 70 heavy (non-hydrogen) atoms. The second kappa shape index (κ2) is 25.3. The van der Waals surface area contributed by atoms with E-state index in [0.29, 0.717) is 30.4 Å². The first-order chi connectivity index (χ1) is 33.7. The van der Waals surface area contributed by atoms with Crippen LogP contribution in [0.1, 0.15) is 68.6 Å². The van der Waals surface area contributed by atoms with E-state index in [1.54, 1.807) is 72.8 Å². The zero-order chi connectivity index (χ0) is 50.2. The molecule has 3 saturated heterocycles. The number of benzene rings is 3. The fourth-order valence-corrected chi connectivity index (χ4v) is 9.12. The quantitative estimate of drug-likeness (QED) is 0.0605. The lowest BCUT2D eigenvalue weighted by Crippen LogP contribution is -2.61. The first-order valence-corrected chi connectivity index (χ1v) is 24.0. The average molecular weight is 963 g/mol. The number of hydrogen-bond acceptors (Lipinski definition) is 10. The van der Waals surface area contributed by atoms with Gasteiger partial charge in [-0.15, -0.1) is 0 Å². The highest BCUT2D eigenvalue weighted by Crippen LogP contribution is 2.26. The molecule has 0 spiro atoms. The second-order valence-corrected chi connectivity index (χ2v) is 18.0. The molecule has 3 aromatic rings. The number of carbonyl (C=O) groups excluding carboxylic acids is 8. The minimum Gasteiger partial charge on any atom is -0.370 e. The topological polar surface area (TPSA) is 306 Å². The van der Waals surface area contributed by atoms with Crippen molar-refractivity contribution in [2.75, 3.05) is 26.2 Å². The predicted molar refractivity (Wildman–Crippen MR) is 261 cm³/mol. The molecule has 20 heteroatoms. The molecule has 1 unspecified atom stereocenters. The molecule has 3 aliphatic heterocycles. The van der Waals surface area contributed by atoms with Crippen LogP contribution in [-0.4, -0.2) is 138 Å². The van der Waals surface area contributed by atoms with Crippen molar-refractivity contribution in [1.29, 1.82) is 0 Å². The molecule has 374 valence electrons. The number of fused-ring (bicyclic) bond motifs is 2. The van der Waals surface area contributed by atoms with Gasteiger partial charge in [-0.25, -0.2) is 0 Å². The highest BCUT2D eigenvalue weighted by Gasteiger charge is 2.44. The van der Waals surface area contributed by atoms with Crippen molar-refractivity contribution in [3.8, 4) is 0 Å². The van der Waals surface area contributed by atoms with Crippen LogP contribution in [0.3, 0.4) is 0 Å². The van der Waals surface area contributed by atoms with Crippen LogP contribution in [0.25, 0.3) is 0 Å². The van der Waals surface area contributed by atoms with Gasteiger partial charge in [0, 0.05) is 38.9 Å². The van der Waals surface area contributed by atoms with Crippen LogP contribution in [0.15, 0.2) is 96.0 Å². The third-order valence-electron chi connectivity index (χ3n) is 12.8. The minimum absolute atomic E-state index is 0.0152. The number of nitrogens with one attached hydrogen (secondary N) is 6. The monoisotopic (exact) mass is 963 g/mol. The van der Waals surface area contributed by atoms with Crippen LogP contribution >= 0.6 is 0 Å². The van der Waals surface area contributed by atoms with Crippen LogP contribution < -0.4 is 49.1 Å². The molecule has 3 heterocycles. The zero-order valence-corrected chi connectivity index (χ0v) is 39.5. The number of hydrogen-bond donors (Lipinski definition) is 9. The number of nitrogens with zero attached hydrogens (tertiary/aromatic N) is 3. The van der Waals surface area contributed by atoms with Gasteiger partial charge in [0.15, 0.2) is 5.96 Å². The summed E-state index contributed by atoms with van der Waals surface area (Å²) in [4.78, 5) is 122. The molecule has 12 N–H and O–H groups in total. The van der Waals surface area contributed by atoms with Gasteiger partial charge < -0.3 is 58.9 Å². The van der Waals surface area contributed by atoms with Crippen molar-refractivity contribution >= 4 is 53.2 Å². The Morgan fingerprint density at radius 1 is 0.514 bits per heavy atom. The first-order valence-electron chi connectivity index (χ1n) is 24.0. The lowest BCUT2D eigenvalue weighted by Gasteiger charge is -2.34. The fourth-order valence-electron chi connectivity index (χ4n) is 9.12. The summed E-state index contributed by atoms with van der Waals surface area (Å²) in [6.07, 6.45) is 1.84. The van der Waals surface area contributed by atoms with Gasteiger partial charge in [0.25, 0.3) is 0 Å². The Morgan fingerprint density at radius 2 is 0.929 bits per heavy atom. The van der Waals surface area contributed by atoms with Crippen molar-refractivity contribution in [2.24, 2.45) is 22.2 Å². The van der Waals surface area contributed by atoms with Gasteiger partial charge in [-0.05, 0) is 75.1 Å². The summed E-state index contributed by atoms with van der Waals surface area (Å²) in [5.74, 6) is -5.31. The van der Waals surface area contributed by atoms with E-state index in [-0.39, 0.29) is 77.1 Å². The summed E-state index contributed by atoms with van der Waals surface area (Å²) in [6, 6.07) is 17.5. The van der Waals surface area contributed by atoms with E-state index in [4.69, 9.17) is 17.2 Å². The molecule has 8 atom stereocenters. The molecule has 3 aliphatic rings. The number of aliphatic imine (C=N–C) groups is 1. The van der Waals surface area contributed by atoms with E-state index < -0.39 is 95.6 Å². The Hall–Kier alpha value is -7.35. The highest BCUT2D eigenvalue weighted by molar-refractivity contribution is 5.99. The average Bonchev–Trinajstić information content (AvgIpc) is 4.06. The Morgan fingerprint density at radius 3 is 1.44 bits per heavy atom. The van der Waals surface area contributed by atoms with Gasteiger partial charge >= 0.3 is 0 Å². The molecule has 0 aromatic heterocycles. The summed E-state index contributed by atoms with van der Waals surface area (Å²) in [5, 5.41) is 16.7. The van der Waals surface area contributed by atoms with Crippen molar-refractivity contribution in [2.45, 2.75) is 119 Å². The maximum Gasteiger partial charge on any atom is 0.246 e. The molecule has 3 fully saturated rings. The zero-order valence-electron chi connectivity index (χ0n) is 39.5. The van der Waals surface area contributed by atoms with Gasteiger partial charge in [0.05, 0.1) is 0 Å². The Bertz CT molecular complexity index is 2330. The molecule has 0 saturated carbocycles. The van der Waals surface area contributed by atoms with Crippen molar-refractivity contribution in [3.05, 3.63) is 108 Å². The molecule has 20 nitrogen and oxygen atoms in total. The van der Waals surface area contributed by atoms with Crippen LogP contribution in [0.4, 0.5) is 0 Å². The van der Waals surface area contributed by atoms with Gasteiger partial charge in [0.2, 0.25) is 47.3 Å².